The van der Waals surface area contributed by atoms with Crippen LogP contribution >= 0.6 is 0 Å². The number of aliphatic carboxylic acids is 3. The second-order valence-corrected chi connectivity index (χ2v) is 18.0. The van der Waals surface area contributed by atoms with E-state index in [2.05, 4.69) is 16.0 Å². The Kier molecular flexibility index (Phi) is 28.3. The third-order valence-electron chi connectivity index (χ3n) is 11.8. The Labute approximate surface area is 451 Å². The molecule has 0 saturated carbocycles. The summed E-state index contributed by atoms with van der Waals surface area (Å²) in [6.45, 7) is 0.572. The number of halogens is 21. The average molecular weight is 1250 g/mol. The smallest absolute Gasteiger partial charge is 0.460 e. The van der Waals surface area contributed by atoms with E-state index in [1.807, 2.05) is 4.90 Å². The summed E-state index contributed by atoms with van der Waals surface area (Å²) in [5.41, 5.74) is 0. The molecule has 82 heavy (non-hydrogen) atoms. The molecule has 2 amide bonds. The molecule has 1 rings (SSSR count). The molecule has 0 aromatic rings. The largest absolute Gasteiger partial charge is 0.480 e. The molecule has 1 fully saturated rings. The maximum Gasteiger partial charge on any atom is 0.460 e. The van der Waals surface area contributed by atoms with E-state index >= 15 is 0 Å². The highest BCUT2D eigenvalue weighted by atomic mass is 19.4. The molecule has 1 saturated heterocycles. The highest BCUT2D eigenvalue weighted by molar-refractivity contribution is 5.99. The number of ether oxygens (including phenoxy) is 3. The van der Waals surface area contributed by atoms with Crippen molar-refractivity contribution in [3.05, 3.63) is 0 Å². The standard InChI is InChI=1S/C42H58F21N7O12/c1-26(31(78)65-4-7-67-8-10-68(23-28(72)73)12-14-70(25-30(76)77)15-13-69(11-9-67)24-29(74)75)32(79)66-6-17-81-19-21-82-20-18-80-16-5-64-3-2-27(71)22-33(43,44)34(45,46)35(47,48)36(49,50)37(51,52)38(53,54)39(55,56)40(57,58)41(59,60)42(61,62)63/h26,64H,2-25H2,1H3,(H,65,78)(H,66,79)(H,72,73)(H,74,75)(H,76,77). The van der Waals surface area contributed by atoms with Crippen LogP contribution in [0.3, 0.4) is 0 Å². The minimum Gasteiger partial charge on any atom is -0.480 e. The lowest BCUT2D eigenvalue weighted by Gasteiger charge is -2.44. The topological polar surface area (TPSA) is 240 Å². The molecule has 0 radical (unpaired) electrons. The van der Waals surface area contributed by atoms with Crippen LogP contribution in [0.1, 0.15) is 19.8 Å². The first-order valence-corrected chi connectivity index (χ1v) is 23.8. The number of alkyl halides is 21. The maximum absolute atomic E-state index is 14.2. The third-order valence-corrected chi connectivity index (χ3v) is 11.8. The molecule has 0 aliphatic carbocycles. The summed E-state index contributed by atoms with van der Waals surface area (Å²) >= 11 is 0. The lowest BCUT2D eigenvalue weighted by Crippen LogP contribution is -2.76. The van der Waals surface area contributed by atoms with Gasteiger partial charge in [-0.2, -0.15) is 92.2 Å². The zero-order valence-corrected chi connectivity index (χ0v) is 42.8. The van der Waals surface area contributed by atoms with Crippen LogP contribution in [-0.4, -0.2) is 274 Å². The molecule has 1 aliphatic rings. The van der Waals surface area contributed by atoms with E-state index in [0.29, 0.717) is 13.1 Å². The molecule has 1 heterocycles. The first-order valence-electron chi connectivity index (χ1n) is 23.8. The van der Waals surface area contributed by atoms with Crippen LogP contribution in [0.4, 0.5) is 92.2 Å². The predicted molar refractivity (Wildman–Crippen MR) is 234 cm³/mol. The van der Waals surface area contributed by atoms with Crippen molar-refractivity contribution in [3.63, 3.8) is 0 Å². The van der Waals surface area contributed by atoms with Gasteiger partial charge >= 0.3 is 77.4 Å². The second kappa shape index (κ2) is 30.9. The van der Waals surface area contributed by atoms with Crippen LogP contribution in [0.5, 0.6) is 0 Å². The fourth-order valence-corrected chi connectivity index (χ4v) is 6.94. The minimum atomic E-state index is -9.29. The summed E-state index contributed by atoms with van der Waals surface area (Å²) < 4.78 is 301. The summed E-state index contributed by atoms with van der Waals surface area (Å²) in [4.78, 5) is 78.2. The lowest BCUT2D eigenvalue weighted by molar-refractivity contribution is -0.474. The van der Waals surface area contributed by atoms with Crippen molar-refractivity contribution in [2.45, 2.75) is 79.2 Å². The number of nitrogens with one attached hydrogen (secondary N) is 3. The van der Waals surface area contributed by atoms with Gasteiger partial charge in [0.25, 0.3) is 0 Å². The Bertz CT molecular complexity index is 2050. The number of Topliss-reactive ketones (excluding diaryl/α,β-unsaturated/α-hetero) is 1. The fourth-order valence-electron chi connectivity index (χ4n) is 6.94. The van der Waals surface area contributed by atoms with Crippen LogP contribution in [0.25, 0.3) is 0 Å². The van der Waals surface area contributed by atoms with E-state index < -0.39 is 120 Å². The molecule has 0 aromatic heterocycles. The Morgan fingerprint density at radius 2 is 0.720 bits per heavy atom. The molecule has 1 atom stereocenters. The van der Waals surface area contributed by atoms with Crippen molar-refractivity contribution in [1.29, 1.82) is 0 Å². The summed E-state index contributed by atoms with van der Waals surface area (Å²) in [6, 6.07) is 0. The zero-order valence-electron chi connectivity index (χ0n) is 42.8. The summed E-state index contributed by atoms with van der Waals surface area (Å²) in [5.74, 6) is -86.5. The van der Waals surface area contributed by atoms with Gasteiger partial charge in [-0.25, -0.2) is 0 Å². The zero-order chi connectivity index (χ0) is 63.6. The van der Waals surface area contributed by atoms with Gasteiger partial charge in [-0.05, 0) is 6.92 Å². The molecule has 1 aliphatic heterocycles. The van der Waals surface area contributed by atoms with Crippen molar-refractivity contribution in [3.8, 4) is 0 Å². The highest BCUT2D eigenvalue weighted by Crippen LogP contribution is 2.66. The molecule has 19 nitrogen and oxygen atoms in total. The first kappa shape index (κ1) is 75.2. The molecule has 40 heteroatoms. The van der Waals surface area contributed by atoms with Crippen molar-refractivity contribution in [1.82, 2.24) is 35.6 Å². The SMILES string of the molecule is CC(C(=O)NCCOCCOCCOCCNCCC(=O)CC(F)(F)C(F)(F)C(F)(F)C(F)(F)C(F)(F)C(F)(F)C(F)(F)C(F)(F)C(F)(F)C(F)(F)F)C(=O)NCCN1CCN(CC(=O)O)CCN(CC(=O)O)CCN(CC(=O)O)CC1. The van der Waals surface area contributed by atoms with Gasteiger partial charge in [0.15, 0.2) is 0 Å². The Morgan fingerprint density at radius 1 is 0.415 bits per heavy atom. The maximum atomic E-state index is 14.2. The quantitative estimate of drug-likeness (QED) is 0.0299. The number of ketones is 1. The van der Waals surface area contributed by atoms with Crippen molar-refractivity contribution in [2.24, 2.45) is 5.92 Å². The number of rotatable bonds is 36. The summed E-state index contributed by atoms with van der Waals surface area (Å²) in [6.07, 6.45) is -12.8. The van der Waals surface area contributed by atoms with E-state index in [0.717, 1.165) is 0 Å². The molecule has 6 N–H and O–H groups in total. The number of nitrogens with zero attached hydrogens (tertiary/aromatic N) is 4. The van der Waals surface area contributed by atoms with Crippen molar-refractivity contribution < 1.29 is 150 Å². The molecule has 0 bridgehead atoms. The van der Waals surface area contributed by atoms with Crippen molar-refractivity contribution in [2.75, 3.05) is 144 Å². The molecular formula is C42H58F21N7O12. The van der Waals surface area contributed by atoms with E-state index in [4.69, 9.17) is 14.2 Å². The number of hydrogen-bond donors (Lipinski definition) is 6. The Morgan fingerprint density at radius 3 is 1.07 bits per heavy atom. The molecule has 480 valence electrons. The first-order chi connectivity index (χ1) is 37.3. The predicted octanol–water partition coefficient (Wildman–Crippen LogP) is 3.60. The van der Waals surface area contributed by atoms with Crippen LogP contribution in [-0.2, 0) is 43.0 Å². The summed E-state index contributed by atoms with van der Waals surface area (Å²) in [7, 11) is 0. The van der Waals surface area contributed by atoms with E-state index in [-0.39, 0.29) is 125 Å². The number of hydrogen-bond acceptors (Lipinski definition) is 14. The fraction of sp³-hybridized carbons (Fsp3) is 0.857. The van der Waals surface area contributed by atoms with Gasteiger partial charge in [0.2, 0.25) is 11.8 Å². The third kappa shape index (κ3) is 19.7. The monoisotopic (exact) mass is 1250 g/mol. The molecule has 0 aromatic carbocycles. The van der Waals surface area contributed by atoms with Gasteiger partial charge in [0.1, 0.15) is 11.7 Å². The van der Waals surface area contributed by atoms with Gasteiger partial charge < -0.3 is 45.5 Å². The number of carboxylic acid groups (broad SMARTS) is 3. The van der Waals surface area contributed by atoms with Crippen LogP contribution in [0.15, 0.2) is 0 Å². The van der Waals surface area contributed by atoms with Gasteiger partial charge in [-0.1, -0.05) is 0 Å². The van der Waals surface area contributed by atoms with Crippen LogP contribution in [0, 0.1) is 5.92 Å². The van der Waals surface area contributed by atoms with Crippen LogP contribution < -0.4 is 16.0 Å². The number of carbonyl (C=O) groups excluding carboxylic acids is 3. The number of carbonyl (C=O) groups is 6. The van der Waals surface area contributed by atoms with E-state index in [9.17, 15) is 136 Å². The highest BCUT2D eigenvalue weighted by Gasteiger charge is 2.97. The second-order valence-electron chi connectivity index (χ2n) is 18.0. The summed E-state index contributed by atoms with van der Waals surface area (Å²) in [5, 5.41) is 35.5. The number of carboxylic acids is 3. The van der Waals surface area contributed by atoms with Crippen LogP contribution in [0.2, 0.25) is 0 Å². The van der Waals surface area contributed by atoms with Gasteiger partial charge in [-0.15, -0.1) is 0 Å². The minimum absolute atomic E-state index is 0.0325. The van der Waals surface area contributed by atoms with Gasteiger partial charge in [0.05, 0.1) is 65.7 Å². The van der Waals surface area contributed by atoms with Gasteiger partial charge in [0, 0.05) is 91.5 Å². The average Bonchev–Trinajstić information content (AvgIpc) is 0.960. The van der Waals surface area contributed by atoms with E-state index in [1.165, 1.54) is 6.92 Å². The van der Waals surface area contributed by atoms with Gasteiger partial charge in [-0.3, -0.25) is 48.4 Å². The Hall–Kier alpha value is -4.77. The van der Waals surface area contributed by atoms with Crippen molar-refractivity contribution >= 4 is 35.5 Å². The molecule has 0 spiro atoms. The Balaban J connectivity index is 2.50. The normalized spacial score (nSPS) is 17.0. The molecule has 1 unspecified atom stereocenters. The van der Waals surface area contributed by atoms with E-state index in [1.54, 1.807) is 14.7 Å². The molecular weight excluding hydrogens is 1190 g/mol. The lowest BCUT2D eigenvalue weighted by atomic mass is 9.85. The number of amides is 2.